The maximum Gasteiger partial charge on any atom is 0.273 e. The molecular formula is C32H49BrN6O. The van der Waals surface area contributed by atoms with E-state index in [1.165, 1.54) is 35.1 Å². The van der Waals surface area contributed by atoms with E-state index in [2.05, 4.69) is 77.7 Å². The molecule has 0 atom stereocenters. The van der Waals surface area contributed by atoms with Gasteiger partial charge in [-0.05, 0) is 120 Å². The minimum atomic E-state index is 0.0497. The lowest BCUT2D eigenvalue weighted by Gasteiger charge is -2.42. The molecule has 8 heteroatoms. The number of carbonyl (C=O) groups is 1. The number of hydrogen-bond donors (Lipinski definition) is 2. The fourth-order valence-corrected chi connectivity index (χ4v) is 7.10. The summed E-state index contributed by atoms with van der Waals surface area (Å²) in [7, 11) is 0. The number of nitrogens with two attached hydrogens (primary N) is 2. The van der Waals surface area contributed by atoms with Gasteiger partial charge < -0.3 is 16.4 Å². The van der Waals surface area contributed by atoms with Crippen molar-refractivity contribution in [1.29, 1.82) is 0 Å². The summed E-state index contributed by atoms with van der Waals surface area (Å²) in [6.07, 6.45) is 6.68. The van der Waals surface area contributed by atoms with Crippen LogP contribution in [-0.2, 0) is 23.9 Å². The van der Waals surface area contributed by atoms with Crippen molar-refractivity contribution in [3.63, 3.8) is 0 Å². The Morgan fingerprint density at radius 2 is 1.62 bits per heavy atom. The van der Waals surface area contributed by atoms with Gasteiger partial charge in [-0.15, -0.1) is 0 Å². The number of fused-ring (bicyclic) bond motifs is 1. The minimum Gasteiger partial charge on any atom is -0.370 e. The molecule has 1 saturated carbocycles. The number of aromatic nitrogens is 2. The standard InChI is InChI=1S/C32H49BrN6O/c1-8-39-28(27(33)21(3)37-39)29(40)38(18-23-11-9-22(10-12-23)17-36-30(34)35)19-24-16-26-25(15-20(24)2)31(4,5)13-14-32(26,6)7/h15-16,22-23H,8-14,17-19H2,1-7H3,(H4,34,35,36). The van der Waals surface area contributed by atoms with Crippen molar-refractivity contribution in [2.45, 2.75) is 111 Å². The van der Waals surface area contributed by atoms with Gasteiger partial charge in [0.05, 0.1) is 10.2 Å². The van der Waals surface area contributed by atoms with Gasteiger partial charge >= 0.3 is 0 Å². The Labute approximate surface area is 249 Å². The number of guanidine groups is 1. The normalized spacial score (nSPS) is 21.5. The fraction of sp³-hybridized carbons (Fsp3) is 0.656. The second-order valence-corrected chi connectivity index (χ2v) is 14.3. The van der Waals surface area contributed by atoms with Crippen molar-refractivity contribution >= 4 is 27.8 Å². The van der Waals surface area contributed by atoms with E-state index in [9.17, 15) is 4.79 Å². The number of rotatable bonds is 8. The zero-order chi connectivity index (χ0) is 29.4. The summed E-state index contributed by atoms with van der Waals surface area (Å²) in [5.74, 6) is 1.17. The van der Waals surface area contributed by atoms with Crippen LogP contribution in [-0.4, -0.2) is 39.6 Å². The lowest BCUT2D eigenvalue weighted by molar-refractivity contribution is 0.0677. The van der Waals surface area contributed by atoms with Gasteiger partial charge in [0.1, 0.15) is 5.69 Å². The van der Waals surface area contributed by atoms with E-state index in [0.29, 0.717) is 37.2 Å². The van der Waals surface area contributed by atoms with Crippen LogP contribution in [0.2, 0.25) is 0 Å². The van der Waals surface area contributed by atoms with E-state index in [1.54, 1.807) is 0 Å². The van der Waals surface area contributed by atoms with Crippen molar-refractivity contribution in [3.05, 3.63) is 50.2 Å². The monoisotopic (exact) mass is 612 g/mol. The zero-order valence-corrected chi connectivity index (χ0v) is 27.2. The molecule has 0 unspecified atom stereocenters. The third-order valence-electron chi connectivity index (χ3n) is 9.49. The van der Waals surface area contributed by atoms with Crippen molar-refractivity contribution in [3.8, 4) is 0 Å². The topological polar surface area (TPSA) is 103 Å². The molecule has 2 aliphatic rings. The highest BCUT2D eigenvalue weighted by atomic mass is 79.9. The highest BCUT2D eigenvalue weighted by Crippen LogP contribution is 2.46. The first-order valence-electron chi connectivity index (χ1n) is 15.0. The Kier molecular flexibility index (Phi) is 9.08. The Bertz CT molecular complexity index is 1260. The van der Waals surface area contributed by atoms with E-state index in [1.807, 2.05) is 18.5 Å². The van der Waals surface area contributed by atoms with Crippen LogP contribution in [0.1, 0.15) is 112 Å². The molecule has 1 aromatic heterocycles. The molecule has 0 spiro atoms. The average Bonchev–Trinajstić information content (AvgIpc) is 3.19. The highest BCUT2D eigenvalue weighted by Gasteiger charge is 2.38. The predicted molar refractivity (Wildman–Crippen MR) is 168 cm³/mol. The predicted octanol–water partition coefficient (Wildman–Crippen LogP) is 6.35. The summed E-state index contributed by atoms with van der Waals surface area (Å²) in [5.41, 5.74) is 18.3. The van der Waals surface area contributed by atoms with Crippen LogP contribution < -0.4 is 11.5 Å². The number of hydrogen-bond acceptors (Lipinski definition) is 3. The van der Waals surface area contributed by atoms with Gasteiger partial charge in [0.15, 0.2) is 5.96 Å². The number of carbonyl (C=O) groups excluding carboxylic acids is 1. The quantitative estimate of drug-likeness (QED) is 0.267. The molecule has 4 rings (SSSR count). The molecule has 1 amide bonds. The molecule has 1 fully saturated rings. The molecule has 0 aliphatic heterocycles. The van der Waals surface area contributed by atoms with E-state index in [-0.39, 0.29) is 22.7 Å². The second kappa shape index (κ2) is 11.9. The summed E-state index contributed by atoms with van der Waals surface area (Å²) in [5, 5.41) is 4.63. The summed E-state index contributed by atoms with van der Waals surface area (Å²) in [4.78, 5) is 20.6. The van der Waals surface area contributed by atoms with Crippen molar-refractivity contribution in [2.75, 3.05) is 13.1 Å². The number of aryl methyl sites for hydroxylation is 3. The Balaban J connectivity index is 1.65. The van der Waals surface area contributed by atoms with E-state index >= 15 is 0 Å². The summed E-state index contributed by atoms with van der Waals surface area (Å²) < 4.78 is 2.64. The Morgan fingerprint density at radius 3 is 2.20 bits per heavy atom. The largest absolute Gasteiger partial charge is 0.370 e. The first-order chi connectivity index (χ1) is 18.7. The van der Waals surface area contributed by atoms with E-state index in [0.717, 1.165) is 42.4 Å². The number of halogens is 1. The van der Waals surface area contributed by atoms with Crippen molar-refractivity contribution < 1.29 is 4.79 Å². The number of benzene rings is 1. The summed E-state index contributed by atoms with van der Waals surface area (Å²) in [6.45, 7) is 18.3. The molecule has 2 aromatic rings. The van der Waals surface area contributed by atoms with Crippen LogP contribution in [0.5, 0.6) is 0 Å². The van der Waals surface area contributed by atoms with Crippen LogP contribution in [0.3, 0.4) is 0 Å². The van der Waals surface area contributed by atoms with Crippen LogP contribution in [0.15, 0.2) is 21.6 Å². The van der Waals surface area contributed by atoms with Gasteiger partial charge in [0.25, 0.3) is 5.91 Å². The molecule has 7 nitrogen and oxygen atoms in total. The third-order valence-corrected chi connectivity index (χ3v) is 10.4. The van der Waals surface area contributed by atoms with Gasteiger partial charge in [-0.1, -0.05) is 39.8 Å². The fourth-order valence-electron chi connectivity index (χ4n) is 6.65. The maximum atomic E-state index is 14.3. The Morgan fingerprint density at radius 1 is 1.05 bits per heavy atom. The van der Waals surface area contributed by atoms with Gasteiger partial charge in [-0.3, -0.25) is 14.5 Å². The molecule has 2 aliphatic carbocycles. The molecule has 4 N–H and O–H groups in total. The molecule has 1 heterocycles. The van der Waals surface area contributed by atoms with Crippen molar-refractivity contribution in [1.82, 2.24) is 14.7 Å². The van der Waals surface area contributed by atoms with Crippen LogP contribution in [0.4, 0.5) is 0 Å². The number of aliphatic imine (C=N–C) groups is 1. The van der Waals surface area contributed by atoms with E-state index in [4.69, 9.17) is 11.5 Å². The highest BCUT2D eigenvalue weighted by molar-refractivity contribution is 9.10. The van der Waals surface area contributed by atoms with Gasteiger partial charge in [0.2, 0.25) is 0 Å². The first kappa shape index (κ1) is 30.6. The maximum absolute atomic E-state index is 14.3. The zero-order valence-electron chi connectivity index (χ0n) is 25.6. The third kappa shape index (κ3) is 6.42. The molecular weight excluding hydrogens is 564 g/mol. The lowest BCUT2D eigenvalue weighted by atomic mass is 9.62. The van der Waals surface area contributed by atoms with Gasteiger partial charge in [-0.2, -0.15) is 5.10 Å². The van der Waals surface area contributed by atoms with Crippen LogP contribution in [0.25, 0.3) is 0 Å². The second-order valence-electron chi connectivity index (χ2n) is 13.5. The van der Waals surface area contributed by atoms with Gasteiger partial charge in [-0.25, -0.2) is 0 Å². The molecule has 0 radical (unpaired) electrons. The van der Waals surface area contributed by atoms with Gasteiger partial charge in [0, 0.05) is 26.2 Å². The minimum absolute atomic E-state index is 0.0497. The summed E-state index contributed by atoms with van der Waals surface area (Å²) in [6, 6.07) is 4.81. The number of nitrogens with zero attached hydrogens (tertiary/aromatic N) is 4. The van der Waals surface area contributed by atoms with Crippen molar-refractivity contribution in [2.24, 2.45) is 28.3 Å². The Hall–Kier alpha value is -2.35. The average molecular weight is 614 g/mol. The number of amides is 1. The molecule has 40 heavy (non-hydrogen) atoms. The first-order valence-corrected chi connectivity index (χ1v) is 15.7. The SMILES string of the molecule is CCn1nc(C)c(Br)c1C(=O)N(Cc1cc2c(cc1C)C(C)(C)CCC2(C)C)CC1CCC(CN=C(N)N)CC1. The molecule has 220 valence electrons. The lowest BCUT2D eigenvalue weighted by Crippen LogP contribution is -2.38. The molecule has 0 bridgehead atoms. The smallest absolute Gasteiger partial charge is 0.273 e. The summed E-state index contributed by atoms with van der Waals surface area (Å²) >= 11 is 3.69. The van der Waals surface area contributed by atoms with Crippen LogP contribution in [0, 0.1) is 25.7 Å². The van der Waals surface area contributed by atoms with E-state index < -0.39 is 0 Å². The van der Waals surface area contributed by atoms with Crippen LogP contribution >= 0.6 is 15.9 Å². The molecule has 1 aromatic carbocycles. The molecule has 0 saturated heterocycles.